The molecule has 1 aliphatic heterocycles. The highest BCUT2D eigenvalue weighted by molar-refractivity contribution is 6.14. The van der Waals surface area contributed by atoms with Gasteiger partial charge in [-0.3, -0.25) is 0 Å². The van der Waals surface area contributed by atoms with Gasteiger partial charge in [0.25, 0.3) is 0 Å². The number of hydrogen-bond acceptors (Lipinski definition) is 4. The number of cyclic esters (lactones) is 2. The minimum atomic E-state index is -0.550. The molecule has 86 valence electrons. The van der Waals surface area contributed by atoms with Crippen molar-refractivity contribution >= 4 is 11.9 Å². The summed E-state index contributed by atoms with van der Waals surface area (Å²) < 4.78 is 9.19. The molecule has 0 fully saturated rings. The van der Waals surface area contributed by atoms with Crippen molar-refractivity contribution in [2.45, 2.75) is 13.8 Å². The highest BCUT2D eigenvalue weighted by Crippen LogP contribution is 2.18. The number of hydrogen-bond donors (Lipinski definition) is 0. The van der Waals surface area contributed by atoms with Crippen LogP contribution in [0.1, 0.15) is 34.6 Å². The van der Waals surface area contributed by atoms with Crippen molar-refractivity contribution in [1.29, 1.82) is 0 Å². The Balaban J connectivity index is 0.000000221. The molecular formula is C12H14O4. The van der Waals surface area contributed by atoms with Gasteiger partial charge in [0.1, 0.15) is 0 Å². The Morgan fingerprint density at radius 1 is 1.00 bits per heavy atom. The molecule has 0 amide bonds. The summed E-state index contributed by atoms with van der Waals surface area (Å²) in [5, 5.41) is 0. The zero-order valence-electron chi connectivity index (χ0n) is 9.36. The van der Waals surface area contributed by atoms with Gasteiger partial charge in [-0.05, 0) is 26.0 Å². The summed E-state index contributed by atoms with van der Waals surface area (Å²) >= 11 is 0. The lowest BCUT2D eigenvalue weighted by atomic mass is 10.1. The van der Waals surface area contributed by atoms with Crippen LogP contribution in [-0.2, 0) is 9.47 Å². The zero-order chi connectivity index (χ0) is 12.0. The van der Waals surface area contributed by atoms with E-state index in [0.29, 0.717) is 11.1 Å². The number of fused-ring (bicyclic) bond motifs is 1. The molecule has 0 aliphatic carbocycles. The molecular weight excluding hydrogens is 208 g/mol. The van der Waals surface area contributed by atoms with E-state index >= 15 is 0 Å². The van der Waals surface area contributed by atoms with Gasteiger partial charge in [-0.25, -0.2) is 9.59 Å². The van der Waals surface area contributed by atoms with Crippen molar-refractivity contribution in [2.75, 3.05) is 13.2 Å². The van der Waals surface area contributed by atoms with E-state index in [1.165, 1.54) is 0 Å². The van der Waals surface area contributed by atoms with Gasteiger partial charge in [0, 0.05) is 13.2 Å². The summed E-state index contributed by atoms with van der Waals surface area (Å²) in [4.78, 5) is 21.7. The molecule has 1 aromatic carbocycles. The lowest BCUT2D eigenvalue weighted by Crippen LogP contribution is -1.96. The van der Waals surface area contributed by atoms with Crippen LogP contribution in [0, 0.1) is 0 Å². The summed E-state index contributed by atoms with van der Waals surface area (Å²) in [7, 11) is 0. The monoisotopic (exact) mass is 222 g/mol. The van der Waals surface area contributed by atoms with Crippen molar-refractivity contribution in [2.24, 2.45) is 0 Å². The molecule has 1 aliphatic rings. The SMILES string of the molecule is CCOCC.O=C1OC(=O)c2ccccc21. The van der Waals surface area contributed by atoms with Crippen LogP contribution in [0.3, 0.4) is 0 Å². The Morgan fingerprint density at radius 3 is 1.75 bits per heavy atom. The van der Waals surface area contributed by atoms with E-state index in [4.69, 9.17) is 4.74 Å². The second-order valence-corrected chi connectivity index (χ2v) is 3.00. The lowest BCUT2D eigenvalue weighted by molar-refractivity contribution is 0.0444. The largest absolute Gasteiger partial charge is 0.386 e. The van der Waals surface area contributed by atoms with Gasteiger partial charge >= 0.3 is 11.9 Å². The van der Waals surface area contributed by atoms with E-state index in [1.54, 1.807) is 24.3 Å². The zero-order valence-corrected chi connectivity index (χ0v) is 9.36. The highest BCUT2D eigenvalue weighted by Gasteiger charge is 2.28. The van der Waals surface area contributed by atoms with Crippen molar-refractivity contribution in [3.8, 4) is 0 Å². The molecule has 0 radical (unpaired) electrons. The fraction of sp³-hybridized carbons (Fsp3) is 0.333. The van der Waals surface area contributed by atoms with Crippen molar-refractivity contribution in [1.82, 2.24) is 0 Å². The van der Waals surface area contributed by atoms with Gasteiger partial charge in [-0.2, -0.15) is 0 Å². The number of rotatable bonds is 2. The lowest BCUT2D eigenvalue weighted by Gasteiger charge is -1.86. The van der Waals surface area contributed by atoms with E-state index < -0.39 is 11.9 Å². The molecule has 0 atom stereocenters. The molecule has 16 heavy (non-hydrogen) atoms. The van der Waals surface area contributed by atoms with Gasteiger partial charge in [0.15, 0.2) is 0 Å². The van der Waals surface area contributed by atoms with E-state index in [0.717, 1.165) is 13.2 Å². The Bertz CT molecular complexity index is 349. The fourth-order valence-electron chi connectivity index (χ4n) is 1.24. The third kappa shape index (κ3) is 2.90. The van der Waals surface area contributed by atoms with Gasteiger partial charge in [0.05, 0.1) is 11.1 Å². The van der Waals surface area contributed by atoms with E-state index in [-0.39, 0.29) is 0 Å². The Kier molecular flexibility index (Phi) is 4.66. The molecule has 0 bridgehead atoms. The Hall–Kier alpha value is -1.68. The Morgan fingerprint density at radius 2 is 1.44 bits per heavy atom. The first-order chi connectivity index (χ1) is 7.70. The maximum atomic E-state index is 10.8. The minimum absolute atomic E-state index is 0.359. The van der Waals surface area contributed by atoms with Crippen LogP contribution in [0.25, 0.3) is 0 Å². The number of ether oxygens (including phenoxy) is 2. The molecule has 0 unspecified atom stereocenters. The fourth-order valence-corrected chi connectivity index (χ4v) is 1.24. The normalized spacial score (nSPS) is 12.6. The third-order valence-electron chi connectivity index (χ3n) is 1.96. The molecule has 0 spiro atoms. The second-order valence-electron chi connectivity index (χ2n) is 3.00. The number of carbonyl (C=O) groups is 2. The average Bonchev–Trinajstić information content (AvgIpc) is 2.58. The van der Waals surface area contributed by atoms with Crippen LogP contribution >= 0.6 is 0 Å². The van der Waals surface area contributed by atoms with Crippen LogP contribution < -0.4 is 0 Å². The van der Waals surface area contributed by atoms with Crippen LogP contribution in [0.4, 0.5) is 0 Å². The molecule has 1 aromatic rings. The number of benzene rings is 1. The van der Waals surface area contributed by atoms with Gasteiger partial charge in [0.2, 0.25) is 0 Å². The highest BCUT2D eigenvalue weighted by atomic mass is 16.6. The number of esters is 2. The number of carbonyl (C=O) groups excluding carboxylic acids is 2. The first-order valence-electron chi connectivity index (χ1n) is 5.14. The van der Waals surface area contributed by atoms with Crippen LogP contribution in [0.15, 0.2) is 24.3 Å². The summed E-state index contributed by atoms with van der Waals surface area (Å²) in [6, 6.07) is 6.53. The van der Waals surface area contributed by atoms with Crippen molar-refractivity contribution in [3.63, 3.8) is 0 Å². The maximum absolute atomic E-state index is 10.8. The summed E-state index contributed by atoms with van der Waals surface area (Å²) in [5.74, 6) is -1.10. The second kappa shape index (κ2) is 6.02. The van der Waals surface area contributed by atoms with Crippen LogP contribution in [0.2, 0.25) is 0 Å². The van der Waals surface area contributed by atoms with Crippen molar-refractivity contribution in [3.05, 3.63) is 35.4 Å². The first kappa shape index (κ1) is 12.4. The molecule has 4 heteroatoms. The smallest absolute Gasteiger partial charge is 0.346 e. The van der Waals surface area contributed by atoms with Crippen LogP contribution in [-0.4, -0.2) is 25.2 Å². The molecule has 2 rings (SSSR count). The molecule has 0 N–H and O–H groups in total. The summed E-state index contributed by atoms with van der Waals surface area (Å²) in [5.41, 5.74) is 0.718. The van der Waals surface area contributed by atoms with E-state index in [1.807, 2.05) is 13.8 Å². The molecule has 0 saturated carbocycles. The Labute approximate surface area is 94.2 Å². The predicted molar refractivity (Wildman–Crippen MR) is 58.4 cm³/mol. The first-order valence-corrected chi connectivity index (χ1v) is 5.14. The minimum Gasteiger partial charge on any atom is -0.386 e. The quantitative estimate of drug-likeness (QED) is 0.567. The molecule has 1 heterocycles. The van der Waals surface area contributed by atoms with Gasteiger partial charge < -0.3 is 9.47 Å². The van der Waals surface area contributed by atoms with Gasteiger partial charge in [-0.15, -0.1) is 0 Å². The standard InChI is InChI=1S/C8H4O3.C4H10O/c9-7-5-3-1-2-4-6(5)8(10)11-7;1-3-5-4-2/h1-4H;3-4H2,1-2H3. The third-order valence-corrected chi connectivity index (χ3v) is 1.96. The summed E-state index contributed by atoms with van der Waals surface area (Å²) in [6.07, 6.45) is 0. The van der Waals surface area contributed by atoms with E-state index in [9.17, 15) is 9.59 Å². The molecule has 0 aromatic heterocycles. The maximum Gasteiger partial charge on any atom is 0.346 e. The van der Waals surface area contributed by atoms with Crippen molar-refractivity contribution < 1.29 is 19.1 Å². The van der Waals surface area contributed by atoms with Crippen LogP contribution in [0.5, 0.6) is 0 Å². The van der Waals surface area contributed by atoms with E-state index in [2.05, 4.69) is 4.74 Å². The molecule has 0 saturated heterocycles. The average molecular weight is 222 g/mol. The topological polar surface area (TPSA) is 52.6 Å². The van der Waals surface area contributed by atoms with Gasteiger partial charge in [-0.1, -0.05) is 12.1 Å². The summed E-state index contributed by atoms with van der Waals surface area (Å²) in [6.45, 7) is 5.67. The predicted octanol–water partition coefficient (Wildman–Crippen LogP) is 2.04. The molecule has 4 nitrogen and oxygen atoms in total.